The molecule has 1 aromatic heterocycles. The maximum absolute atomic E-state index is 6.79. The summed E-state index contributed by atoms with van der Waals surface area (Å²) in [6, 6.07) is 78.2. The summed E-state index contributed by atoms with van der Waals surface area (Å²) in [6.07, 6.45) is -0.298. The molecule has 0 radical (unpaired) electrons. The van der Waals surface area contributed by atoms with Gasteiger partial charge in [0.1, 0.15) is 23.5 Å². The Balaban J connectivity index is 0.935. The van der Waals surface area contributed by atoms with Crippen LogP contribution >= 0.6 is 0 Å². The molecule has 3 aliphatic rings. The third kappa shape index (κ3) is 5.31. The normalized spacial score (nSPS) is 15.5. The van der Waals surface area contributed by atoms with Gasteiger partial charge < -0.3 is 14.2 Å². The maximum Gasteiger partial charge on any atom is 0.159 e. The summed E-state index contributed by atoms with van der Waals surface area (Å²) in [5, 5.41) is 2.51. The molecule has 9 aromatic carbocycles. The van der Waals surface area contributed by atoms with E-state index >= 15 is 0 Å². The fourth-order valence-electron chi connectivity index (χ4n) is 10.7. The standard InChI is InChI=1S/C59H40N4O/c1-62-57(39-16-3-2-4-17-39)60-56(41-19-15-18-40(36-41)38-30-33-43(34-31-38)63-52-27-12-7-22-46(52)47-23-8-13-28-53(47)63)61-58(62)42-32-35-55-51(37-42)59(50-26-11-14-29-54(50)64-55)48-24-9-5-20-44(48)45-21-6-10-25-49(45)59/h2-37,57H,1H3. The van der Waals surface area contributed by atoms with Gasteiger partial charge in [-0.3, -0.25) is 0 Å². The van der Waals surface area contributed by atoms with Crippen LogP contribution in [-0.4, -0.2) is 28.2 Å². The van der Waals surface area contributed by atoms with Crippen LogP contribution in [0.2, 0.25) is 0 Å². The van der Waals surface area contributed by atoms with Gasteiger partial charge in [0.2, 0.25) is 0 Å². The van der Waals surface area contributed by atoms with Crippen molar-refractivity contribution in [1.82, 2.24) is 9.47 Å². The maximum atomic E-state index is 6.79. The third-order valence-corrected chi connectivity index (χ3v) is 13.5. The molecule has 0 amide bonds. The van der Waals surface area contributed by atoms with Crippen LogP contribution in [0.1, 0.15) is 45.1 Å². The molecule has 0 saturated carbocycles. The first kappa shape index (κ1) is 36.4. The van der Waals surface area contributed by atoms with Crippen LogP contribution in [0, 0.1) is 0 Å². The van der Waals surface area contributed by atoms with Crippen LogP contribution in [0.5, 0.6) is 11.5 Å². The van der Waals surface area contributed by atoms with Crippen molar-refractivity contribution in [2.75, 3.05) is 7.05 Å². The SMILES string of the molecule is CN1C(c2ccc3c(c2)C2(c4ccccc4O3)c3ccccc3-c3ccccc32)=NC(c2cccc(-c3ccc(-n4c5ccccc5c5ccccc54)cc3)c2)=NC1c1ccccc1. The fourth-order valence-corrected chi connectivity index (χ4v) is 10.7. The van der Waals surface area contributed by atoms with Crippen molar-refractivity contribution in [2.24, 2.45) is 9.98 Å². The zero-order chi connectivity index (χ0) is 42.4. The Hall–Kier alpha value is -8.28. The highest BCUT2D eigenvalue weighted by Gasteiger charge is 2.51. The number of ether oxygens (including phenoxy) is 1. The quantitative estimate of drug-likeness (QED) is 0.174. The number of hydrogen-bond donors (Lipinski definition) is 0. The Bertz CT molecular complexity index is 3460. The molecule has 1 atom stereocenters. The molecule has 0 bridgehead atoms. The lowest BCUT2D eigenvalue weighted by Gasteiger charge is -2.40. The first-order valence-corrected chi connectivity index (χ1v) is 21.9. The number of fused-ring (bicyclic) bond motifs is 12. The Morgan fingerprint density at radius 2 is 1.03 bits per heavy atom. The molecule has 1 spiro atoms. The zero-order valence-electron chi connectivity index (χ0n) is 35.1. The molecule has 0 fully saturated rings. The molecule has 0 saturated heterocycles. The number of para-hydroxylation sites is 3. The van der Waals surface area contributed by atoms with Crippen molar-refractivity contribution in [3.05, 3.63) is 257 Å². The van der Waals surface area contributed by atoms with E-state index in [9.17, 15) is 0 Å². The van der Waals surface area contributed by atoms with E-state index in [1.165, 1.54) is 44.1 Å². The lowest BCUT2D eigenvalue weighted by atomic mass is 9.66. The summed E-state index contributed by atoms with van der Waals surface area (Å²) < 4.78 is 9.14. The topological polar surface area (TPSA) is 42.1 Å². The molecule has 3 heterocycles. The molecule has 1 unspecified atom stereocenters. The van der Waals surface area contributed by atoms with Gasteiger partial charge in [0.05, 0.1) is 16.4 Å². The van der Waals surface area contributed by atoms with Crippen LogP contribution in [0.4, 0.5) is 0 Å². The van der Waals surface area contributed by atoms with Gasteiger partial charge in [0.25, 0.3) is 0 Å². The Labute approximate surface area is 371 Å². The van der Waals surface area contributed by atoms with E-state index in [4.69, 9.17) is 14.7 Å². The van der Waals surface area contributed by atoms with Gasteiger partial charge in [-0.1, -0.05) is 164 Å². The molecule has 2 aliphatic heterocycles. The van der Waals surface area contributed by atoms with Crippen LogP contribution in [0.25, 0.3) is 49.7 Å². The second-order valence-corrected chi connectivity index (χ2v) is 16.9. The van der Waals surface area contributed by atoms with Crippen LogP contribution in [0.15, 0.2) is 228 Å². The highest BCUT2D eigenvalue weighted by atomic mass is 16.5. The molecule has 10 aromatic rings. The predicted molar refractivity (Wildman–Crippen MR) is 260 cm³/mol. The average molecular weight is 821 g/mol. The van der Waals surface area contributed by atoms with Crippen molar-refractivity contribution >= 4 is 33.5 Å². The molecular formula is C59H40N4O. The molecule has 0 N–H and O–H groups in total. The first-order valence-electron chi connectivity index (χ1n) is 21.9. The molecule has 5 heteroatoms. The minimum absolute atomic E-state index is 0.298. The van der Waals surface area contributed by atoms with Crippen molar-refractivity contribution in [2.45, 2.75) is 11.6 Å². The minimum atomic E-state index is -0.581. The van der Waals surface area contributed by atoms with E-state index in [1.54, 1.807) is 0 Å². The number of hydrogen-bond acceptors (Lipinski definition) is 4. The summed E-state index contributed by atoms with van der Waals surface area (Å²) in [6.45, 7) is 0. The lowest BCUT2D eigenvalue weighted by Crippen LogP contribution is -2.36. The van der Waals surface area contributed by atoms with E-state index in [2.05, 4.69) is 235 Å². The minimum Gasteiger partial charge on any atom is -0.457 e. The van der Waals surface area contributed by atoms with Gasteiger partial charge in [-0.05, 0) is 93.5 Å². The number of benzene rings is 9. The number of amidine groups is 2. The smallest absolute Gasteiger partial charge is 0.159 e. The monoisotopic (exact) mass is 820 g/mol. The largest absolute Gasteiger partial charge is 0.457 e. The van der Waals surface area contributed by atoms with E-state index in [0.717, 1.165) is 62.0 Å². The van der Waals surface area contributed by atoms with Crippen LogP contribution in [0.3, 0.4) is 0 Å². The second kappa shape index (κ2) is 14.1. The first-order chi connectivity index (χ1) is 31.6. The highest BCUT2D eigenvalue weighted by molar-refractivity contribution is 6.13. The van der Waals surface area contributed by atoms with E-state index < -0.39 is 5.41 Å². The second-order valence-electron chi connectivity index (χ2n) is 16.9. The zero-order valence-corrected chi connectivity index (χ0v) is 35.1. The molecule has 302 valence electrons. The van der Waals surface area contributed by atoms with Gasteiger partial charge in [0, 0.05) is 45.8 Å². The number of aromatic nitrogens is 1. The average Bonchev–Trinajstić information content (AvgIpc) is 3.85. The highest BCUT2D eigenvalue weighted by Crippen LogP contribution is 2.62. The van der Waals surface area contributed by atoms with Gasteiger partial charge in [0.15, 0.2) is 5.84 Å². The molecule has 13 rings (SSSR count). The van der Waals surface area contributed by atoms with Gasteiger partial charge in [-0.2, -0.15) is 0 Å². The van der Waals surface area contributed by atoms with Crippen molar-refractivity contribution in [1.29, 1.82) is 0 Å². The van der Waals surface area contributed by atoms with Crippen molar-refractivity contribution < 1.29 is 4.74 Å². The van der Waals surface area contributed by atoms with E-state index in [1.807, 2.05) is 0 Å². The Morgan fingerprint density at radius 1 is 0.453 bits per heavy atom. The summed E-state index contributed by atoms with van der Waals surface area (Å²) in [7, 11) is 2.10. The number of aliphatic imine (C=N–C) groups is 2. The summed E-state index contributed by atoms with van der Waals surface area (Å²) >= 11 is 0. The van der Waals surface area contributed by atoms with E-state index in [-0.39, 0.29) is 6.17 Å². The van der Waals surface area contributed by atoms with Gasteiger partial charge in [-0.15, -0.1) is 0 Å². The summed E-state index contributed by atoms with van der Waals surface area (Å²) in [5.41, 5.74) is 15.5. The number of nitrogens with zero attached hydrogens (tertiary/aromatic N) is 4. The third-order valence-electron chi connectivity index (χ3n) is 13.5. The van der Waals surface area contributed by atoms with Crippen molar-refractivity contribution in [3.8, 4) is 39.4 Å². The molecule has 1 aliphatic carbocycles. The van der Waals surface area contributed by atoms with Gasteiger partial charge in [-0.25, -0.2) is 9.98 Å². The lowest BCUT2D eigenvalue weighted by molar-refractivity contribution is 0.382. The van der Waals surface area contributed by atoms with Crippen molar-refractivity contribution in [3.63, 3.8) is 0 Å². The fraction of sp³-hybridized carbons (Fsp3) is 0.0508. The Kier molecular flexibility index (Phi) is 8.03. The molecule has 5 nitrogen and oxygen atoms in total. The van der Waals surface area contributed by atoms with E-state index in [0.29, 0.717) is 5.84 Å². The summed E-state index contributed by atoms with van der Waals surface area (Å²) in [5.74, 6) is 3.26. The Morgan fingerprint density at radius 3 is 1.75 bits per heavy atom. The van der Waals surface area contributed by atoms with Crippen LogP contribution < -0.4 is 4.74 Å². The van der Waals surface area contributed by atoms with Gasteiger partial charge >= 0.3 is 0 Å². The molecule has 64 heavy (non-hydrogen) atoms. The summed E-state index contributed by atoms with van der Waals surface area (Å²) in [4.78, 5) is 13.1. The predicted octanol–water partition coefficient (Wildman–Crippen LogP) is 13.8. The van der Waals surface area contributed by atoms with Crippen LogP contribution in [-0.2, 0) is 5.41 Å². The number of rotatable bonds is 5. The molecular weight excluding hydrogens is 781 g/mol.